The molecule has 2 aromatic rings. The second-order valence-corrected chi connectivity index (χ2v) is 5.51. The predicted octanol–water partition coefficient (Wildman–Crippen LogP) is 4.28. The molecule has 0 unspecified atom stereocenters. The van der Waals surface area contributed by atoms with E-state index in [4.69, 9.17) is 4.74 Å². The summed E-state index contributed by atoms with van der Waals surface area (Å²) in [6.07, 6.45) is 6.00. The topological polar surface area (TPSA) is 43.4 Å². The maximum atomic E-state index is 12.9. The van der Waals surface area contributed by atoms with E-state index in [0.29, 0.717) is 28.0 Å². The predicted molar refractivity (Wildman–Crippen MR) is 90.2 cm³/mol. The maximum absolute atomic E-state index is 12.9. The maximum Gasteiger partial charge on any atom is 0.198 e. The molecule has 116 valence electrons. The minimum Gasteiger partial charge on any atom is -0.495 e. The molecule has 0 atom stereocenters. The largest absolute Gasteiger partial charge is 0.495 e. The van der Waals surface area contributed by atoms with Crippen molar-refractivity contribution in [2.45, 2.75) is 19.8 Å². The zero-order chi connectivity index (χ0) is 16.4. The van der Waals surface area contributed by atoms with Crippen molar-refractivity contribution in [1.82, 2.24) is 0 Å². The lowest BCUT2D eigenvalue weighted by Gasteiger charge is -2.20. The number of ether oxygens (including phenoxy) is 1. The average molecular weight is 306 g/mol. The molecule has 0 aromatic heterocycles. The number of ketones is 2. The lowest BCUT2D eigenvalue weighted by molar-refractivity contribution is 0.0976. The standard InChI is InChI=1S/C20H18O3/c1-3-4-5-8-13-11-12-16-17(20(13)23-2)19(22)15-10-7-6-9-14(15)18(16)21/h5-12H,3-4H2,1-2H3. The van der Waals surface area contributed by atoms with Crippen LogP contribution >= 0.6 is 0 Å². The Morgan fingerprint density at radius 2 is 1.65 bits per heavy atom. The Bertz CT molecular complexity index is 816. The molecule has 2 aromatic carbocycles. The Labute approximate surface area is 135 Å². The van der Waals surface area contributed by atoms with Gasteiger partial charge < -0.3 is 4.74 Å². The van der Waals surface area contributed by atoms with Crippen LogP contribution in [0.5, 0.6) is 5.75 Å². The molecular formula is C20H18O3. The highest BCUT2D eigenvalue weighted by molar-refractivity contribution is 6.29. The first-order valence-electron chi connectivity index (χ1n) is 7.75. The third kappa shape index (κ3) is 2.48. The number of benzene rings is 2. The third-order valence-electron chi connectivity index (χ3n) is 4.03. The van der Waals surface area contributed by atoms with E-state index in [1.54, 1.807) is 30.3 Å². The van der Waals surface area contributed by atoms with E-state index in [1.165, 1.54) is 7.11 Å². The molecular weight excluding hydrogens is 288 g/mol. The molecule has 0 bridgehead atoms. The average Bonchev–Trinajstić information content (AvgIpc) is 2.59. The lowest BCUT2D eigenvalue weighted by Crippen LogP contribution is -2.22. The lowest BCUT2D eigenvalue weighted by atomic mass is 9.82. The van der Waals surface area contributed by atoms with Crippen molar-refractivity contribution in [3.05, 3.63) is 70.3 Å². The van der Waals surface area contributed by atoms with Crippen LogP contribution in [0.25, 0.3) is 6.08 Å². The molecule has 0 spiro atoms. The molecule has 3 nitrogen and oxygen atoms in total. The van der Waals surface area contributed by atoms with Crippen LogP contribution in [0.1, 0.15) is 57.2 Å². The summed E-state index contributed by atoms with van der Waals surface area (Å²) in [5.41, 5.74) is 2.51. The number of hydrogen-bond acceptors (Lipinski definition) is 3. The first-order chi connectivity index (χ1) is 11.2. The molecule has 0 saturated heterocycles. The first kappa shape index (κ1) is 15.2. The van der Waals surface area contributed by atoms with Gasteiger partial charge in [-0.3, -0.25) is 9.59 Å². The Morgan fingerprint density at radius 1 is 0.957 bits per heavy atom. The zero-order valence-corrected chi connectivity index (χ0v) is 13.3. The van der Waals surface area contributed by atoms with Crippen molar-refractivity contribution in [2.75, 3.05) is 7.11 Å². The van der Waals surface area contributed by atoms with Gasteiger partial charge >= 0.3 is 0 Å². The molecule has 0 aliphatic heterocycles. The van der Waals surface area contributed by atoms with Crippen molar-refractivity contribution in [3.8, 4) is 5.75 Å². The van der Waals surface area contributed by atoms with Gasteiger partial charge in [-0.1, -0.05) is 55.8 Å². The normalized spacial score (nSPS) is 13.1. The van der Waals surface area contributed by atoms with Crippen LogP contribution in [0.2, 0.25) is 0 Å². The number of rotatable bonds is 4. The van der Waals surface area contributed by atoms with Gasteiger partial charge in [0, 0.05) is 22.3 Å². The molecule has 23 heavy (non-hydrogen) atoms. The van der Waals surface area contributed by atoms with Crippen molar-refractivity contribution in [3.63, 3.8) is 0 Å². The van der Waals surface area contributed by atoms with E-state index in [0.717, 1.165) is 18.4 Å². The van der Waals surface area contributed by atoms with Crippen LogP contribution in [-0.4, -0.2) is 18.7 Å². The highest BCUT2D eigenvalue weighted by atomic mass is 16.5. The van der Waals surface area contributed by atoms with E-state index in [1.807, 2.05) is 18.2 Å². The summed E-state index contributed by atoms with van der Waals surface area (Å²) < 4.78 is 5.48. The number of allylic oxidation sites excluding steroid dienone is 1. The van der Waals surface area contributed by atoms with Crippen LogP contribution in [0.3, 0.4) is 0 Å². The molecule has 0 radical (unpaired) electrons. The van der Waals surface area contributed by atoms with Gasteiger partial charge in [-0.2, -0.15) is 0 Å². The van der Waals surface area contributed by atoms with Crippen LogP contribution in [-0.2, 0) is 0 Å². The summed E-state index contributed by atoms with van der Waals surface area (Å²) in [5.74, 6) is 0.193. The molecule has 0 fully saturated rings. The van der Waals surface area contributed by atoms with Gasteiger partial charge in [-0.15, -0.1) is 0 Å². The van der Waals surface area contributed by atoms with E-state index in [9.17, 15) is 9.59 Å². The van der Waals surface area contributed by atoms with Crippen LogP contribution in [0, 0.1) is 0 Å². The van der Waals surface area contributed by atoms with Gasteiger partial charge in [0.15, 0.2) is 11.6 Å². The Hall–Kier alpha value is -2.68. The van der Waals surface area contributed by atoms with Gasteiger partial charge in [0.25, 0.3) is 0 Å². The van der Waals surface area contributed by atoms with Crippen molar-refractivity contribution in [1.29, 1.82) is 0 Å². The van der Waals surface area contributed by atoms with Gasteiger partial charge in [-0.25, -0.2) is 0 Å². The molecule has 3 rings (SSSR count). The summed E-state index contributed by atoms with van der Waals surface area (Å²) in [6, 6.07) is 10.5. The second kappa shape index (κ2) is 6.21. The van der Waals surface area contributed by atoms with Crippen molar-refractivity contribution < 1.29 is 14.3 Å². The van der Waals surface area contributed by atoms with Gasteiger partial charge in [-0.05, 0) is 12.5 Å². The summed E-state index contributed by atoms with van der Waals surface area (Å²) in [6.45, 7) is 2.10. The van der Waals surface area contributed by atoms with Crippen molar-refractivity contribution in [2.24, 2.45) is 0 Å². The van der Waals surface area contributed by atoms with Crippen LogP contribution in [0.4, 0.5) is 0 Å². The Morgan fingerprint density at radius 3 is 2.30 bits per heavy atom. The molecule has 1 aliphatic rings. The molecule has 1 aliphatic carbocycles. The van der Waals surface area contributed by atoms with E-state index < -0.39 is 0 Å². The highest BCUT2D eigenvalue weighted by Crippen LogP contribution is 2.36. The van der Waals surface area contributed by atoms with E-state index in [2.05, 4.69) is 6.92 Å². The number of carbonyl (C=O) groups is 2. The van der Waals surface area contributed by atoms with Crippen molar-refractivity contribution >= 4 is 17.6 Å². The smallest absolute Gasteiger partial charge is 0.198 e. The number of carbonyl (C=O) groups excluding carboxylic acids is 2. The minimum absolute atomic E-state index is 0.127. The van der Waals surface area contributed by atoms with Gasteiger partial charge in [0.2, 0.25) is 0 Å². The molecule has 0 N–H and O–H groups in total. The summed E-state index contributed by atoms with van der Waals surface area (Å²) >= 11 is 0. The summed E-state index contributed by atoms with van der Waals surface area (Å²) in [7, 11) is 1.53. The fraction of sp³-hybridized carbons (Fsp3) is 0.200. The summed E-state index contributed by atoms with van der Waals surface area (Å²) in [5, 5.41) is 0. The molecule has 3 heteroatoms. The van der Waals surface area contributed by atoms with E-state index in [-0.39, 0.29) is 11.6 Å². The van der Waals surface area contributed by atoms with Gasteiger partial charge in [0.05, 0.1) is 12.7 Å². The zero-order valence-electron chi connectivity index (χ0n) is 13.3. The molecule has 0 heterocycles. The van der Waals surface area contributed by atoms with Crippen LogP contribution < -0.4 is 4.74 Å². The SMILES string of the molecule is CCCC=Cc1ccc2c(c1OC)C(=O)c1ccccc1C2=O. The second-order valence-electron chi connectivity index (χ2n) is 5.51. The number of fused-ring (bicyclic) bond motifs is 2. The first-order valence-corrected chi connectivity index (χ1v) is 7.75. The number of unbranched alkanes of at least 4 members (excludes halogenated alkanes) is 1. The quantitative estimate of drug-likeness (QED) is 0.722. The molecule has 0 amide bonds. The summed E-state index contributed by atoms with van der Waals surface area (Å²) in [4.78, 5) is 25.5. The third-order valence-corrected chi connectivity index (χ3v) is 4.03. The van der Waals surface area contributed by atoms with Gasteiger partial charge in [0.1, 0.15) is 5.75 Å². The molecule has 0 saturated carbocycles. The number of hydrogen-bond donors (Lipinski definition) is 0. The van der Waals surface area contributed by atoms with E-state index >= 15 is 0 Å². The highest BCUT2D eigenvalue weighted by Gasteiger charge is 2.32. The van der Waals surface area contributed by atoms with Crippen LogP contribution in [0.15, 0.2) is 42.5 Å². The minimum atomic E-state index is -0.155. The Balaban J connectivity index is 2.19. The Kier molecular flexibility index (Phi) is 4.11. The fourth-order valence-electron chi connectivity index (χ4n) is 2.90. The number of methoxy groups -OCH3 is 1. The monoisotopic (exact) mass is 306 g/mol. The fourth-order valence-corrected chi connectivity index (χ4v) is 2.90.